The van der Waals surface area contributed by atoms with E-state index in [0.29, 0.717) is 0 Å². The first-order valence-corrected chi connectivity index (χ1v) is 7.54. The molecule has 1 aromatic heterocycles. The van der Waals surface area contributed by atoms with Crippen LogP contribution in [0.1, 0.15) is 25.5 Å². The van der Waals surface area contributed by atoms with Crippen LogP contribution in [-0.4, -0.2) is 23.2 Å². The summed E-state index contributed by atoms with van der Waals surface area (Å²) in [6.07, 6.45) is 3.77. The highest BCUT2D eigenvalue weighted by molar-refractivity contribution is 7.99. The molecule has 0 bridgehead atoms. The molecule has 1 N–H and O–H groups in total. The molecule has 20 heavy (non-hydrogen) atoms. The zero-order valence-corrected chi connectivity index (χ0v) is 13.2. The summed E-state index contributed by atoms with van der Waals surface area (Å²) in [5.41, 5.74) is 1.19. The van der Waals surface area contributed by atoms with E-state index in [-0.39, 0.29) is 6.04 Å². The van der Waals surface area contributed by atoms with Gasteiger partial charge in [0.2, 0.25) is 0 Å². The topological polar surface area (TPSA) is 39.1 Å². The third kappa shape index (κ3) is 3.16. The quantitative estimate of drug-likeness (QED) is 0.887. The van der Waals surface area contributed by atoms with Gasteiger partial charge in [-0.3, -0.25) is 0 Å². The molecule has 0 aliphatic heterocycles. The summed E-state index contributed by atoms with van der Waals surface area (Å²) in [7, 11) is 3.72. The second-order valence-corrected chi connectivity index (χ2v) is 5.58. The van der Waals surface area contributed by atoms with Crippen molar-refractivity contribution in [1.82, 2.24) is 14.9 Å². The number of benzene rings is 1. The Balaban J connectivity index is 2.39. The molecule has 0 aliphatic rings. The highest BCUT2D eigenvalue weighted by Crippen LogP contribution is 2.37. The maximum Gasteiger partial charge on any atom is 0.172 e. The number of nitrogens with one attached hydrogen (secondary N) is 1. The smallest absolute Gasteiger partial charge is 0.172 e. The Morgan fingerprint density at radius 1 is 1.45 bits per heavy atom. The monoisotopic (exact) mass is 291 g/mol. The van der Waals surface area contributed by atoms with Gasteiger partial charge in [-0.15, -0.1) is 0 Å². The standard InChI is InChI=1S/C15H21N3OS/c1-5-16-11(2)14-12(19-4)7-6-8-13(14)20-15-17-9-10-18(15)3/h6-11,16H,5H2,1-4H3. The second-order valence-electron chi connectivity index (χ2n) is 4.57. The minimum atomic E-state index is 0.235. The molecule has 2 aromatic rings. The molecular formula is C15H21N3OS. The highest BCUT2D eigenvalue weighted by atomic mass is 32.2. The number of hydrogen-bond acceptors (Lipinski definition) is 4. The summed E-state index contributed by atoms with van der Waals surface area (Å²) in [5.74, 6) is 0.914. The maximum atomic E-state index is 5.52. The fraction of sp³-hybridized carbons (Fsp3) is 0.400. The number of aromatic nitrogens is 2. The van der Waals surface area contributed by atoms with Gasteiger partial charge in [-0.2, -0.15) is 0 Å². The van der Waals surface area contributed by atoms with Gasteiger partial charge in [0, 0.05) is 35.9 Å². The molecule has 108 valence electrons. The lowest BCUT2D eigenvalue weighted by molar-refractivity contribution is 0.400. The summed E-state index contributed by atoms with van der Waals surface area (Å²) < 4.78 is 7.54. The van der Waals surface area contributed by atoms with Crippen molar-refractivity contribution < 1.29 is 4.74 Å². The molecule has 5 heteroatoms. The molecule has 0 amide bonds. The molecule has 0 spiro atoms. The summed E-state index contributed by atoms with van der Waals surface area (Å²) in [4.78, 5) is 5.55. The van der Waals surface area contributed by atoms with E-state index >= 15 is 0 Å². The molecule has 1 atom stereocenters. The van der Waals surface area contributed by atoms with Crippen molar-refractivity contribution >= 4 is 11.8 Å². The Labute approximate surface area is 124 Å². The van der Waals surface area contributed by atoms with Gasteiger partial charge in [-0.05, 0) is 25.6 Å². The molecule has 1 aromatic carbocycles. The molecule has 0 saturated carbocycles. The summed E-state index contributed by atoms with van der Waals surface area (Å²) in [6.45, 7) is 5.19. The van der Waals surface area contributed by atoms with Crippen molar-refractivity contribution in [2.24, 2.45) is 7.05 Å². The predicted octanol–water partition coefficient (Wildman–Crippen LogP) is 3.25. The zero-order valence-electron chi connectivity index (χ0n) is 12.4. The first kappa shape index (κ1) is 14.9. The minimum absolute atomic E-state index is 0.235. The number of ether oxygens (including phenoxy) is 1. The van der Waals surface area contributed by atoms with Crippen LogP contribution < -0.4 is 10.1 Å². The van der Waals surface area contributed by atoms with Gasteiger partial charge in [0.15, 0.2) is 5.16 Å². The maximum absolute atomic E-state index is 5.52. The van der Waals surface area contributed by atoms with Crippen LogP contribution in [0.4, 0.5) is 0 Å². The molecule has 4 nitrogen and oxygen atoms in total. The number of hydrogen-bond donors (Lipinski definition) is 1. The van der Waals surface area contributed by atoms with Crippen LogP contribution in [0.2, 0.25) is 0 Å². The molecule has 2 rings (SSSR count). The molecule has 0 aliphatic carbocycles. The lowest BCUT2D eigenvalue weighted by Gasteiger charge is -2.19. The lowest BCUT2D eigenvalue weighted by atomic mass is 10.1. The SMILES string of the molecule is CCNC(C)c1c(OC)cccc1Sc1nccn1C. The molecule has 1 unspecified atom stereocenters. The van der Waals surface area contributed by atoms with Gasteiger partial charge >= 0.3 is 0 Å². The van der Waals surface area contributed by atoms with E-state index in [0.717, 1.165) is 17.5 Å². The molecule has 0 fully saturated rings. The Morgan fingerprint density at radius 3 is 2.85 bits per heavy atom. The van der Waals surface area contributed by atoms with E-state index in [1.54, 1.807) is 18.9 Å². The van der Waals surface area contributed by atoms with Crippen LogP contribution in [-0.2, 0) is 7.05 Å². The van der Waals surface area contributed by atoms with E-state index in [9.17, 15) is 0 Å². The van der Waals surface area contributed by atoms with Gasteiger partial charge in [0.1, 0.15) is 5.75 Å². The zero-order chi connectivity index (χ0) is 14.5. The van der Waals surface area contributed by atoms with Crippen LogP contribution in [0.3, 0.4) is 0 Å². The van der Waals surface area contributed by atoms with Crippen molar-refractivity contribution in [3.8, 4) is 5.75 Å². The van der Waals surface area contributed by atoms with Crippen molar-refractivity contribution in [3.63, 3.8) is 0 Å². The first-order chi connectivity index (χ1) is 9.67. The van der Waals surface area contributed by atoms with Gasteiger partial charge < -0.3 is 14.6 Å². The van der Waals surface area contributed by atoms with E-state index in [4.69, 9.17) is 4.74 Å². The first-order valence-electron chi connectivity index (χ1n) is 6.72. The second kappa shape index (κ2) is 6.81. The van der Waals surface area contributed by atoms with Gasteiger partial charge in [0.05, 0.1) is 7.11 Å². The van der Waals surface area contributed by atoms with Crippen molar-refractivity contribution in [2.75, 3.05) is 13.7 Å². The number of imidazole rings is 1. The third-order valence-electron chi connectivity index (χ3n) is 3.17. The van der Waals surface area contributed by atoms with Gasteiger partial charge in [0.25, 0.3) is 0 Å². The average molecular weight is 291 g/mol. The average Bonchev–Trinajstić information content (AvgIpc) is 2.84. The Kier molecular flexibility index (Phi) is 5.09. The third-order valence-corrected chi connectivity index (χ3v) is 4.32. The Morgan fingerprint density at radius 2 is 2.25 bits per heavy atom. The number of rotatable bonds is 6. The number of aryl methyl sites for hydroxylation is 1. The van der Waals surface area contributed by atoms with E-state index in [2.05, 4.69) is 30.2 Å². The molecule has 0 saturated heterocycles. The van der Waals surface area contributed by atoms with Crippen LogP contribution in [0.25, 0.3) is 0 Å². The van der Waals surface area contributed by atoms with Crippen LogP contribution in [0.5, 0.6) is 5.75 Å². The fourth-order valence-electron chi connectivity index (χ4n) is 2.17. The van der Waals surface area contributed by atoms with Gasteiger partial charge in [-0.1, -0.05) is 24.8 Å². The largest absolute Gasteiger partial charge is 0.496 e. The van der Waals surface area contributed by atoms with Crippen molar-refractivity contribution in [3.05, 3.63) is 36.2 Å². The summed E-state index contributed by atoms with van der Waals surface area (Å²) >= 11 is 1.66. The predicted molar refractivity (Wildman–Crippen MR) is 82.4 cm³/mol. The van der Waals surface area contributed by atoms with Gasteiger partial charge in [-0.25, -0.2) is 4.98 Å². The summed E-state index contributed by atoms with van der Waals surface area (Å²) in [6, 6.07) is 6.38. The normalized spacial score (nSPS) is 12.4. The highest BCUT2D eigenvalue weighted by Gasteiger charge is 2.17. The molecular weight excluding hydrogens is 270 g/mol. The Bertz CT molecular complexity index is 568. The number of methoxy groups -OCH3 is 1. The fourth-order valence-corrected chi connectivity index (χ4v) is 3.22. The lowest BCUT2D eigenvalue weighted by Crippen LogP contribution is -2.19. The van der Waals surface area contributed by atoms with Crippen molar-refractivity contribution in [1.29, 1.82) is 0 Å². The van der Waals surface area contributed by atoms with E-state index < -0.39 is 0 Å². The van der Waals surface area contributed by atoms with Crippen LogP contribution in [0.15, 0.2) is 40.6 Å². The van der Waals surface area contributed by atoms with E-state index in [1.165, 1.54) is 10.5 Å². The van der Waals surface area contributed by atoms with Crippen molar-refractivity contribution in [2.45, 2.75) is 29.9 Å². The minimum Gasteiger partial charge on any atom is -0.496 e. The van der Waals surface area contributed by atoms with E-state index in [1.807, 2.05) is 36.1 Å². The van der Waals surface area contributed by atoms with Crippen LogP contribution in [0, 0.1) is 0 Å². The molecule has 1 heterocycles. The Hall–Kier alpha value is -1.46. The number of nitrogens with zero attached hydrogens (tertiary/aromatic N) is 2. The molecule has 0 radical (unpaired) electrons. The summed E-state index contributed by atoms with van der Waals surface area (Å²) in [5, 5.41) is 4.43. The van der Waals surface area contributed by atoms with Crippen LogP contribution >= 0.6 is 11.8 Å².